The number of Topliss-reactive ketones (excluding diaryl/α,β-unsaturated/α-hetero) is 1. The van der Waals surface area contributed by atoms with Gasteiger partial charge >= 0.3 is 0 Å². The van der Waals surface area contributed by atoms with E-state index in [0.717, 1.165) is 25.9 Å². The van der Waals surface area contributed by atoms with E-state index in [1.807, 2.05) is 0 Å². The Morgan fingerprint density at radius 2 is 1.95 bits per heavy atom. The van der Waals surface area contributed by atoms with E-state index < -0.39 is 0 Å². The van der Waals surface area contributed by atoms with Gasteiger partial charge in [-0.15, -0.1) is 0 Å². The lowest BCUT2D eigenvalue weighted by molar-refractivity contribution is 0.0874. The molecule has 1 aromatic carbocycles. The molecular formula is C15H20Cl2N2O. The second-order valence-electron chi connectivity index (χ2n) is 5.52. The minimum atomic E-state index is 0.0424. The number of ketones is 1. The third-order valence-corrected chi connectivity index (χ3v) is 4.45. The van der Waals surface area contributed by atoms with Crippen LogP contribution in [0.15, 0.2) is 18.2 Å². The molecule has 1 aliphatic rings. The summed E-state index contributed by atoms with van der Waals surface area (Å²) in [5.41, 5.74) is 0.522. The second kappa shape index (κ2) is 6.90. The smallest absolute Gasteiger partial charge is 0.178 e. The minimum absolute atomic E-state index is 0.0424. The topological polar surface area (TPSA) is 23.6 Å². The van der Waals surface area contributed by atoms with E-state index in [0.29, 0.717) is 28.2 Å². The molecule has 0 saturated carbocycles. The molecule has 5 heteroatoms. The van der Waals surface area contributed by atoms with Gasteiger partial charge in [-0.25, -0.2) is 0 Å². The average Bonchev–Trinajstić information content (AvgIpc) is 2.42. The summed E-state index contributed by atoms with van der Waals surface area (Å²) in [5, 5.41) is 1.02. The number of rotatable bonds is 4. The Hall–Kier alpha value is -0.610. The number of benzene rings is 1. The van der Waals surface area contributed by atoms with Crippen molar-refractivity contribution in [3.63, 3.8) is 0 Å². The summed E-state index contributed by atoms with van der Waals surface area (Å²) >= 11 is 12.0. The summed E-state index contributed by atoms with van der Waals surface area (Å²) < 4.78 is 0. The van der Waals surface area contributed by atoms with E-state index in [9.17, 15) is 4.79 Å². The van der Waals surface area contributed by atoms with Gasteiger partial charge in [0.25, 0.3) is 0 Å². The number of hydrogen-bond acceptors (Lipinski definition) is 3. The van der Waals surface area contributed by atoms with Crippen LogP contribution in [-0.2, 0) is 0 Å². The van der Waals surface area contributed by atoms with Gasteiger partial charge in [-0.1, -0.05) is 23.2 Å². The van der Waals surface area contributed by atoms with Crippen molar-refractivity contribution in [2.75, 3.05) is 33.7 Å². The quantitative estimate of drug-likeness (QED) is 0.797. The van der Waals surface area contributed by atoms with Crippen molar-refractivity contribution in [2.45, 2.75) is 18.9 Å². The Kier molecular flexibility index (Phi) is 5.44. The molecule has 1 aromatic rings. The highest BCUT2D eigenvalue weighted by Gasteiger charge is 2.23. The van der Waals surface area contributed by atoms with Crippen molar-refractivity contribution in [3.8, 4) is 0 Å². The zero-order valence-electron chi connectivity index (χ0n) is 11.9. The van der Waals surface area contributed by atoms with Gasteiger partial charge in [0, 0.05) is 29.7 Å². The molecule has 20 heavy (non-hydrogen) atoms. The van der Waals surface area contributed by atoms with Crippen LogP contribution in [0.4, 0.5) is 0 Å². The summed E-state index contributed by atoms with van der Waals surface area (Å²) in [6.07, 6.45) is 2.20. The van der Waals surface area contributed by atoms with Crippen molar-refractivity contribution < 1.29 is 4.79 Å². The van der Waals surface area contributed by atoms with Crippen LogP contribution in [0.25, 0.3) is 0 Å². The lowest BCUT2D eigenvalue weighted by atomic mass is 10.0. The maximum atomic E-state index is 12.3. The molecule has 1 fully saturated rings. The van der Waals surface area contributed by atoms with Crippen LogP contribution >= 0.6 is 23.2 Å². The van der Waals surface area contributed by atoms with E-state index in [1.165, 1.54) is 0 Å². The molecule has 0 bridgehead atoms. The summed E-state index contributed by atoms with van der Waals surface area (Å²) in [7, 11) is 4.22. The summed E-state index contributed by atoms with van der Waals surface area (Å²) in [6.45, 7) is 2.32. The summed E-state index contributed by atoms with van der Waals surface area (Å²) in [4.78, 5) is 16.8. The first-order chi connectivity index (χ1) is 9.47. The molecule has 0 radical (unpaired) electrons. The Morgan fingerprint density at radius 1 is 1.30 bits per heavy atom. The Labute approximate surface area is 130 Å². The minimum Gasteiger partial charge on any atom is -0.306 e. The number of carbonyl (C=O) groups excluding carboxylic acids is 1. The van der Waals surface area contributed by atoms with Crippen LogP contribution in [0.3, 0.4) is 0 Å². The van der Waals surface area contributed by atoms with Gasteiger partial charge in [0.1, 0.15) is 0 Å². The molecule has 2 rings (SSSR count). The Bertz CT molecular complexity index is 483. The predicted octanol–water partition coefficient (Wildman–Crippen LogP) is 3.20. The zero-order valence-corrected chi connectivity index (χ0v) is 13.4. The number of hydrogen-bond donors (Lipinski definition) is 0. The number of carbonyl (C=O) groups is 1. The third kappa shape index (κ3) is 3.95. The van der Waals surface area contributed by atoms with Crippen molar-refractivity contribution in [2.24, 2.45) is 0 Å². The summed E-state index contributed by atoms with van der Waals surface area (Å²) in [5.74, 6) is 0.0424. The molecule has 0 aromatic heterocycles. The monoisotopic (exact) mass is 314 g/mol. The molecule has 0 unspecified atom stereocenters. The van der Waals surface area contributed by atoms with E-state index in [4.69, 9.17) is 23.2 Å². The molecular weight excluding hydrogens is 295 g/mol. The van der Waals surface area contributed by atoms with E-state index in [-0.39, 0.29) is 5.78 Å². The van der Waals surface area contributed by atoms with Crippen molar-refractivity contribution in [1.82, 2.24) is 9.80 Å². The number of halogens is 2. The predicted molar refractivity (Wildman–Crippen MR) is 83.9 cm³/mol. The molecule has 0 aliphatic carbocycles. The van der Waals surface area contributed by atoms with E-state index in [1.54, 1.807) is 18.2 Å². The lowest BCUT2D eigenvalue weighted by Crippen LogP contribution is -2.43. The molecule has 0 N–H and O–H groups in total. The molecule has 0 atom stereocenters. The SMILES string of the molecule is CN(C)C1CCN(CC(=O)c2cc(Cl)ccc2Cl)CC1. The highest BCUT2D eigenvalue weighted by atomic mass is 35.5. The highest BCUT2D eigenvalue weighted by molar-refractivity contribution is 6.36. The summed E-state index contributed by atoms with van der Waals surface area (Å²) in [6, 6.07) is 5.65. The number of nitrogens with zero attached hydrogens (tertiary/aromatic N) is 2. The fourth-order valence-electron chi connectivity index (χ4n) is 2.59. The maximum absolute atomic E-state index is 12.3. The van der Waals surface area contributed by atoms with Gasteiger partial charge in [0.15, 0.2) is 5.78 Å². The molecule has 110 valence electrons. The Morgan fingerprint density at radius 3 is 2.55 bits per heavy atom. The first kappa shape index (κ1) is 15.8. The lowest BCUT2D eigenvalue weighted by Gasteiger charge is -2.34. The fourth-order valence-corrected chi connectivity index (χ4v) is 2.99. The molecule has 0 amide bonds. The van der Waals surface area contributed by atoms with Gasteiger partial charge in [-0.2, -0.15) is 0 Å². The van der Waals surface area contributed by atoms with Gasteiger partial charge < -0.3 is 4.90 Å². The first-order valence-electron chi connectivity index (χ1n) is 6.84. The van der Waals surface area contributed by atoms with Crippen molar-refractivity contribution in [3.05, 3.63) is 33.8 Å². The van der Waals surface area contributed by atoms with Gasteiger partial charge in [-0.3, -0.25) is 9.69 Å². The molecule has 3 nitrogen and oxygen atoms in total. The highest BCUT2D eigenvalue weighted by Crippen LogP contribution is 2.22. The number of likely N-dealkylation sites (tertiary alicyclic amines) is 1. The second-order valence-corrected chi connectivity index (χ2v) is 6.36. The van der Waals surface area contributed by atoms with E-state index >= 15 is 0 Å². The zero-order chi connectivity index (χ0) is 14.7. The van der Waals surface area contributed by atoms with Crippen molar-refractivity contribution >= 4 is 29.0 Å². The molecule has 1 aliphatic heterocycles. The first-order valence-corrected chi connectivity index (χ1v) is 7.60. The molecule has 1 saturated heterocycles. The third-order valence-electron chi connectivity index (χ3n) is 3.88. The van der Waals surface area contributed by atoms with Crippen LogP contribution in [0.2, 0.25) is 10.0 Å². The van der Waals surface area contributed by atoms with Gasteiger partial charge in [-0.05, 0) is 45.1 Å². The largest absolute Gasteiger partial charge is 0.306 e. The standard InChI is InChI=1S/C15H20Cl2N2O/c1-18(2)12-5-7-19(8-6-12)10-15(20)13-9-11(16)3-4-14(13)17/h3-4,9,12H,5-8,10H2,1-2H3. The Balaban J connectivity index is 1.94. The average molecular weight is 315 g/mol. The van der Waals surface area contributed by atoms with Crippen LogP contribution < -0.4 is 0 Å². The van der Waals surface area contributed by atoms with Crippen LogP contribution in [0, 0.1) is 0 Å². The maximum Gasteiger partial charge on any atom is 0.178 e. The van der Waals surface area contributed by atoms with Crippen LogP contribution in [-0.4, -0.2) is 55.4 Å². The normalized spacial score (nSPS) is 17.6. The van der Waals surface area contributed by atoms with E-state index in [2.05, 4.69) is 23.9 Å². The molecule has 0 spiro atoms. The van der Waals surface area contributed by atoms with Crippen molar-refractivity contribution in [1.29, 1.82) is 0 Å². The molecule has 1 heterocycles. The fraction of sp³-hybridized carbons (Fsp3) is 0.533. The van der Waals surface area contributed by atoms with Gasteiger partial charge in [0.2, 0.25) is 0 Å². The van der Waals surface area contributed by atoms with Crippen LogP contribution in [0.5, 0.6) is 0 Å². The van der Waals surface area contributed by atoms with Crippen LogP contribution in [0.1, 0.15) is 23.2 Å². The van der Waals surface area contributed by atoms with Gasteiger partial charge in [0.05, 0.1) is 11.6 Å². The number of piperidine rings is 1.